The molecule has 1 atom stereocenters. The number of benzene rings is 2. The van der Waals surface area contributed by atoms with Crippen molar-refractivity contribution in [1.82, 2.24) is 9.80 Å². The van der Waals surface area contributed by atoms with Crippen LogP contribution in [-0.4, -0.2) is 70.0 Å². The van der Waals surface area contributed by atoms with Gasteiger partial charge in [0.2, 0.25) is 5.91 Å². The maximum absolute atomic E-state index is 13.0. The van der Waals surface area contributed by atoms with Gasteiger partial charge in [-0.2, -0.15) is 0 Å². The Morgan fingerprint density at radius 3 is 2.40 bits per heavy atom. The standard InChI is InChI=1S/C22H27N3O4S/c1-29-19-4-2-3-17(15-19)16-23-11-13-24(14-12-23)21-9-10-25(22(21)26)18-5-7-20(8-6-18)30(27)28/h2-8,15,21,30H,9-14,16H2,1H3/t21-/m0/s1. The molecule has 0 N–H and O–H groups in total. The molecule has 7 nitrogen and oxygen atoms in total. The molecule has 2 aromatic carbocycles. The number of piperazine rings is 1. The fourth-order valence-electron chi connectivity index (χ4n) is 4.28. The predicted molar refractivity (Wildman–Crippen MR) is 116 cm³/mol. The summed E-state index contributed by atoms with van der Waals surface area (Å²) in [5.74, 6) is 0.980. The van der Waals surface area contributed by atoms with E-state index in [2.05, 4.69) is 21.9 Å². The molecule has 2 aromatic rings. The van der Waals surface area contributed by atoms with Crippen LogP contribution in [0.5, 0.6) is 5.75 Å². The van der Waals surface area contributed by atoms with Crippen molar-refractivity contribution >= 4 is 22.3 Å². The van der Waals surface area contributed by atoms with Crippen LogP contribution in [0.2, 0.25) is 0 Å². The zero-order valence-corrected chi connectivity index (χ0v) is 18.0. The van der Waals surface area contributed by atoms with Gasteiger partial charge in [0.25, 0.3) is 0 Å². The van der Waals surface area contributed by atoms with E-state index in [4.69, 9.17) is 4.74 Å². The van der Waals surface area contributed by atoms with E-state index in [1.807, 2.05) is 12.1 Å². The lowest BCUT2D eigenvalue weighted by Crippen LogP contribution is -2.52. The van der Waals surface area contributed by atoms with Gasteiger partial charge >= 0.3 is 0 Å². The molecule has 0 radical (unpaired) electrons. The molecule has 0 aliphatic carbocycles. The molecule has 0 saturated carbocycles. The predicted octanol–water partition coefficient (Wildman–Crippen LogP) is 1.59. The number of methoxy groups -OCH3 is 1. The summed E-state index contributed by atoms with van der Waals surface area (Å²) >= 11 is 0. The highest BCUT2D eigenvalue weighted by Crippen LogP contribution is 2.26. The maximum atomic E-state index is 13.0. The summed E-state index contributed by atoms with van der Waals surface area (Å²) in [5, 5.41) is 0. The van der Waals surface area contributed by atoms with Crippen molar-refractivity contribution in [3.63, 3.8) is 0 Å². The minimum Gasteiger partial charge on any atom is -0.497 e. The van der Waals surface area contributed by atoms with Crippen LogP contribution < -0.4 is 9.64 Å². The lowest BCUT2D eigenvalue weighted by Gasteiger charge is -2.37. The molecule has 2 aliphatic rings. The summed E-state index contributed by atoms with van der Waals surface area (Å²) in [5.41, 5.74) is 1.99. The summed E-state index contributed by atoms with van der Waals surface area (Å²) < 4.78 is 27.4. The molecule has 4 rings (SSSR count). The summed E-state index contributed by atoms with van der Waals surface area (Å²) in [6.07, 6.45) is 0.798. The second-order valence-electron chi connectivity index (χ2n) is 7.73. The maximum Gasteiger partial charge on any atom is 0.244 e. The Morgan fingerprint density at radius 1 is 1.00 bits per heavy atom. The Kier molecular flexibility index (Phi) is 6.36. The minimum absolute atomic E-state index is 0.0974. The first kappa shape index (κ1) is 20.8. The van der Waals surface area contributed by atoms with Crippen molar-refractivity contribution in [3.8, 4) is 5.75 Å². The molecule has 160 valence electrons. The minimum atomic E-state index is -2.60. The third kappa shape index (κ3) is 4.50. The molecule has 0 bridgehead atoms. The summed E-state index contributed by atoms with van der Waals surface area (Å²) in [4.78, 5) is 19.7. The Labute approximate surface area is 178 Å². The number of rotatable bonds is 6. The molecule has 1 amide bonds. The van der Waals surface area contributed by atoms with E-state index >= 15 is 0 Å². The molecule has 2 aliphatic heterocycles. The summed E-state index contributed by atoms with van der Waals surface area (Å²) in [6.45, 7) is 5.12. The zero-order valence-electron chi connectivity index (χ0n) is 17.1. The van der Waals surface area contributed by atoms with E-state index in [0.717, 1.165) is 50.6 Å². The van der Waals surface area contributed by atoms with Gasteiger partial charge in [-0.05, 0) is 48.4 Å². The zero-order chi connectivity index (χ0) is 21.1. The third-order valence-electron chi connectivity index (χ3n) is 5.94. The van der Waals surface area contributed by atoms with E-state index in [1.165, 1.54) is 5.56 Å². The fourth-order valence-corrected chi connectivity index (χ4v) is 4.67. The average molecular weight is 430 g/mol. The van der Waals surface area contributed by atoms with E-state index in [0.29, 0.717) is 6.54 Å². The number of anilines is 1. The Balaban J connectivity index is 1.33. The van der Waals surface area contributed by atoms with Gasteiger partial charge in [0, 0.05) is 45.0 Å². The molecular weight excluding hydrogens is 402 g/mol. The van der Waals surface area contributed by atoms with Gasteiger partial charge in [-0.15, -0.1) is 0 Å². The van der Waals surface area contributed by atoms with Crippen LogP contribution in [0.1, 0.15) is 12.0 Å². The first-order valence-corrected chi connectivity index (χ1v) is 11.4. The molecule has 0 unspecified atom stereocenters. The third-order valence-corrected chi connectivity index (χ3v) is 6.66. The van der Waals surface area contributed by atoms with E-state index in [-0.39, 0.29) is 16.8 Å². The second kappa shape index (κ2) is 9.16. The van der Waals surface area contributed by atoms with Gasteiger partial charge in [0.1, 0.15) is 5.75 Å². The van der Waals surface area contributed by atoms with Crippen molar-refractivity contribution in [2.45, 2.75) is 23.9 Å². The summed E-state index contributed by atoms with van der Waals surface area (Å²) in [6, 6.07) is 14.6. The first-order chi connectivity index (χ1) is 14.5. The van der Waals surface area contributed by atoms with Gasteiger partial charge in [0.15, 0.2) is 10.7 Å². The van der Waals surface area contributed by atoms with Crippen LogP contribution in [-0.2, 0) is 22.0 Å². The van der Waals surface area contributed by atoms with Crippen LogP contribution in [0.15, 0.2) is 53.4 Å². The number of carbonyl (C=O) groups excluding carboxylic acids is 1. The molecule has 2 saturated heterocycles. The van der Waals surface area contributed by atoms with Crippen LogP contribution in [0.25, 0.3) is 0 Å². The van der Waals surface area contributed by atoms with Crippen molar-refractivity contribution in [2.75, 3.05) is 44.7 Å². The lowest BCUT2D eigenvalue weighted by molar-refractivity contribution is -0.122. The van der Waals surface area contributed by atoms with Gasteiger partial charge in [-0.1, -0.05) is 12.1 Å². The lowest BCUT2D eigenvalue weighted by atomic mass is 10.1. The van der Waals surface area contributed by atoms with Gasteiger partial charge in [-0.25, -0.2) is 8.42 Å². The Bertz CT molecular complexity index is 961. The van der Waals surface area contributed by atoms with Gasteiger partial charge < -0.3 is 9.64 Å². The Morgan fingerprint density at radius 2 is 1.73 bits per heavy atom. The van der Waals surface area contributed by atoms with Crippen LogP contribution >= 0.6 is 0 Å². The SMILES string of the molecule is COc1cccc(CN2CCN([C@H]3CCN(c4ccc([SH](=O)=O)cc4)C3=O)CC2)c1. The van der Waals surface area contributed by atoms with Crippen molar-refractivity contribution < 1.29 is 17.9 Å². The molecule has 0 aromatic heterocycles. The fraction of sp³-hybridized carbons (Fsp3) is 0.409. The van der Waals surface area contributed by atoms with Gasteiger partial charge in [-0.3, -0.25) is 14.6 Å². The van der Waals surface area contributed by atoms with Crippen molar-refractivity contribution in [3.05, 3.63) is 54.1 Å². The largest absolute Gasteiger partial charge is 0.497 e. The highest BCUT2D eigenvalue weighted by Gasteiger charge is 2.37. The topological polar surface area (TPSA) is 70.2 Å². The molecule has 2 heterocycles. The number of amides is 1. The highest BCUT2D eigenvalue weighted by molar-refractivity contribution is 7.72. The van der Waals surface area contributed by atoms with E-state index in [9.17, 15) is 13.2 Å². The van der Waals surface area contributed by atoms with Gasteiger partial charge in [0.05, 0.1) is 18.0 Å². The number of ether oxygens (including phenoxy) is 1. The summed E-state index contributed by atoms with van der Waals surface area (Å²) in [7, 11) is -0.920. The Hall–Kier alpha value is -2.42. The number of carbonyl (C=O) groups is 1. The van der Waals surface area contributed by atoms with Crippen LogP contribution in [0.3, 0.4) is 0 Å². The van der Waals surface area contributed by atoms with E-state index < -0.39 is 10.7 Å². The van der Waals surface area contributed by atoms with Crippen LogP contribution in [0.4, 0.5) is 5.69 Å². The number of nitrogens with zero attached hydrogens (tertiary/aromatic N) is 3. The number of thiol groups is 1. The molecule has 0 spiro atoms. The smallest absolute Gasteiger partial charge is 0.244 e. The number of hydrogen-bond donors (Lipinski definition) is 1. The van der Waals surface area contributed by atoms with Crippen LogP contribution in [0, 0.1) is 0 Å². The van der Waals surface area contributed by atoms with Crippen molar-refractivity contribution in [1.29, 1.82) is 0 Å². The molecule has 2 fully saturated rings. The van der Waals surface area contributed by atoms with E-state index in [1.54, 1.807) is 36.3 Å². The second-order valence-corrected chi connectivity index (χ2v) is 8.76. The monoisotopic (exact) mass is 429 g/mol. The molecule has 8 heteroatoms. The molecular formula is C22H27N3O4S. The molecule has 30 heavy (non-hydrogen) atoms. The normalized spacial score (nSPS) is 20.8. The number of hydrogen-bond acceptors (Lipinski definition) is 6. The average Bonchev–Trinajstić information content (AvgIpc) is 3.16. The highest BCUT2D eigenvalue weighted by atomic mass is 32.2. The van der Waals surface area contributed by atoms with Crippen molar-refractivity contribution in [2.24, 2.45) is 0 Å². The quantitative estimate of drug-likeness (QED) is 0.704. The first-order valence-electron chi connectivity index (χ1n) is 10.2.